The van der Waals surface area contributed by atoms with E-state index in [9.17, 15) is 4.39 Å². The molecule has 1 heterocycles. The monoisotopic (exact) mass is 392 g/mol. The van der Waals surface area contributed by atoms with E-state index in [0.29, 0.717) is 0 Å². The standard InChI is InChI=1S/C18H17FN2OS3/c1-12(14-5-7-15(19)8-6-14)24-18-21-20-17(25-18)23-11-13-3-9-16(22-2)10-4-13/h3-10,12H,11H2,1-2H3. The summed E-state index contributed by atoms with van der Waals surface area (Å²) in [4.78, 5) is 0. The lowest BCUT2D eigenvalue weighted by Crippen LogP contribution is -1.88. The van der Waals surface area contributed by atoms with E-state index in [4.69, 9.17) is 4.74 Å². The van der Waals surface area contributed by atoms with Crippen molar-refractivity contribution < 1.29 is 9.13 Å². The highest BCUT2D eigenvalue weighted by atomic mass is 32.2. The molecule has 130 valence electrons. The van der Waals surface area contributed by atoms with E-state index >= 15 is 0 Å². The molecule has 0 radical (unpaired) electrons. The van der Waals surface area contributed by atoms with Gasteiger partial charge in [-0.25, -0.2) is 4.39 Å². The van der Waals surface area contributed by atoms with Gasteiger partial charge in [0, 0.05) is 11.0 Å². The largest absolute Gasteiger partial charge is 0.497 e. The minimum atomic E-state index is -0.214. The van der Waals surface area contributed by atoms with Crippen molar-refractivity contribution in [2.45, 2.75) is 26.6 Å². The minimum Gasteiger partial charge on any atom is -0.497 e. The van der Waals surface area contributed by atoms with Gasteiger partial charge < -0.3 is 4.74 Å². The molecule has 1 atom stereocenters. The third-order valence-corrected chi connectivity index (χ3v) is 6.90. The summed E-state index contributed by atoms with van der Waals surface area (Å²) in [5.41, 5.74) is 2.30. The summed E-state index contributed by atoms with van der Waals surface area (Å²) in [6.07, 6.45) is 0. The first-order valence-electron chi connectivity index (χ1n) is 7.65. The van der Waals surface area contributed by atoms with Gasteiger partial charge in [0.15, 0.2) is 8.68 Å². The summed E-state index contributed by atoms with van der Waals surface area (Å²) in [5.74, 6) is 1.49. The molecule has 25 heavy (non-hydrogen) atoms. The van der Waals surface area contributed by atoms with E-state index in [2.05, 4.69) is 29.3 Å². The van der Waals surface area contributed by atoms with Crippen LogP contribution < -0.4 is 4.74 Å². The average molecular weight is 393 g/mol. The van der Waals surface area contributed by atoms with Gasteiger partial charge in [-0.05, 0) is 42.3 Å². The lowest BCUT2D eigenvalue weighted by molar-refractivity contribution is 0.414. The second kappa shape index (κ2) is 8.69. The summed E-state index contributed by atoms with van der Waals surface area (Å²) in [6, 6.07) is 14.6. The van der Waals surface area contributed by atoms with Crippen LogP contribution in [0.1, 0.15) is 23.3 Å². The minimum absolute atomic E-state index is 0.202. The van der Waals surface area contributed by atoms with Crippen LogP contribution in [-0.4, -0.2) is 17.3 Å². The van der Waals surface area contributed by atoms with Gasteiger partial charge in [-0.2, -0.15) is 0 Å². The Morgan fingerprint density at radius 3 is 2.40 bits per heavy atom. The van der Waals surface area contributed by atoms with Crippen LogP contribution in [0.15, 0.2) is 57.2 Å². The highest BCUT2D eigenvalue weighted by molar-refractivity contribution is 8.03. The summed E-state index contributed by atoms with van der Waals surface area (Å²) in [7, 11) is 1.66. The van der Waals surface area contributed by atoms with Crippen molar-refractivity contribution in [3.63, 3.8) is 0 Å². The lowest BCUT2D eigenvalue weighted by atomic mass is 10.2. The zero-order chi connectivity index (χ0) is 17.6. The highest BCUT2D eigenvalue weighted by Crippen LogP contribution is 2.38. The van der Waals surface area contributed by atoms with Crippen LogP contribution >= 0.6 is 34.9 Å². The maximum atomic E-state index is 13.0. The Hall–Kier alpha value is -1.57. The van der Waals surface area contributed by atoms with Crippen LogP contribution in [0.3, 0.4) is 0 Å². The van der Waals surface area contributed by atoms with Gasteiger partial charge in [0.2, 0.25) is 0 Å². The second-order valence-electron chi connectivity index (χ2n) is 5.28. The average Bonchev–Trinajstić information content (AvgIpc) is 3.08. The number of hydrogen-bond donors (Lipinski definition) is 0. The third-order valence-electron chi connectivity index (χ3n) is 3.53. The molecule has 3 rings (SSSR count). The molecule has 3 aromatic rings. The Morgan fingerprint density at radius 2 is 1.72 bits per heavy atom. The zero-order valence-corrected chi connectivity index (χ0v) is 16.3. The van der Waals surface area contributed by atoms with Crippen molar-refractivity contribution in [3.05, 3.63) is 65.5 Å². The maximum Gasteiger partial charge on any atom is 0.175 e. The molecule has 0 aliphatic heterocycles. The lowest BCUT2D eigenvalue weighted by Gasteiger charge is -2.08. The van der Waals surface area contributed by atoms with Crippen LogP contribution in [0, 0.1) is 5.82 Å². The number of methoxy groups -OCH3 is 1. The fraction of sp³-hybridized carbons (Fsp3) is 0.222. The van der Waals surface area contributed by atoms with Gasteiger partial charge in [0.25, 0.3) is 0 Å². The van der Waals surface area contributed by atoms with Crippen molar-refractivity contribution >= 4 is 34.9 Å². The van der Waals surface area contributed by atoms with E-state index in [1.54, 1.807) is 42.0 Å². The highest BCUT2D eigenvalue weighted by Gasteiger charge is 2.12. The number of thioether (sulfide) groups is 2. The van der Waals surface area contributed by atoms with E-state index in [1.165, 1.54) is 17.7 Å². The zero-order valence-electron chi connectivity index (χ0n) is 13.8. The third kappa shape index (κ3) is 5.20. The number of aromatic nitrogens is 2. The number of halogens is 1. The van der Waals surface area contributed by atoms with Crippen LogP contribution in [0.4, 0.5) is 4.39 Å². The van der Waals surface area contributed by atoms with Crippen LogP contribution in [0.25, 0.3) is 0 Å². The second-order valence-corrected chi connectivity index (χ2v) is 9.07. The molecule has 0 saturated carbocycles. The Morgan fingerprint density at radius 1 is 1.04 bits per heavy atom. The molecule has 0 aliphatic carbocycles. The molecule has 0 N–H and O–H groups in total. The molecule has 0 amide bonds. The number of rotatable bonds is 7. The molecule has 2 aromatic carbocycles. The Labute approximate surface area is 159 Å². The molecule has 3 nitrogen and oxygen atoms in total. The normalized spacial score (nSPS) is 12.1. The van der Waals surface area contributed by atoms with E-state index in [-0.39, 0.29) is 11.1 Å². The Kier molecular flexibility index (Phi) is 6.34. The molecule has 0 bridgehead atoms. The predicted octanol–water partition coefficient (Wildman–Crippen LogP) is 5.83. The van der Waals surface area contributed by atoms with Gasteiger partial charge in [-0.3, -0.25) is 0 Å². The number of nitrogens with zero attached hydrogens (tertiary/aromatic N) is 2. The Bertz CT molecular complexity index is 806. The van der Waals surface area contributed by atoms with E-state index in [1.807, 2.05) is 24.3 Å². The first kappa shape index (κ1) is 18.2. The molecule has 0 aliphatic rings. The van der Waals surface area contributed by atoms with Gasteiger partial charge in [-0.1, -0.05) is 59.1 Å². The van der Waals surface area contributed by atoms with Crippen LogP contribution in [0.2, 0.25) is 0 Å². The van der Waals surface area contributed by atoms with Crippen molar-refractivity contribution in [2.24, 2.45) is 0 Å². The molecule has 0 spiro atoms. The first-order chi connectivity index (χ1) is 12.1. The van der Waals surface area contributed by atoms with Gasteiger partial charge in [0.05, 0.1) is 7.11 Å². The fourth-order valence-electron chi connectivity index (χ4n) is 2.12. The van der Waals surface area contributed by atoms with E-state index < -0.39 is 0 Å². The summed E-state index contributed by atoms with van der Waals surface area (Å²) in [5, 5.41) is 8.71. The molecular weight excluding hydrogens is 375 g/mol. The number of ether oxygens (including phenoxy) is 1. The summed E-state index contributed by atoms with van der Waals surface area (Å²) >= 11 is 4.91. The van der Waals surface area contributed by atoms with Gasteiger partial charge in [-0.15, -0.1) is 10.2 Å². The van der Waals surface area contributed by atoms with Gasteiger partial charge >= 0.3 is 0 Å². The molecular formula is C18H17FN2OS3. The first-order valence-corrected chi connectivity index (χ1v) is 10.3. The molecule has 1 aromatic heterocycles. The topological polar surface area (TPSA) is 35.0 Å². The quantitative estimate of drug-likeness (QED) is 0.473. The summed E-state index contributed by atoms with van der Waals surface area (Å²) in [6.45, 7) is 2.09. The van der Waals surface area contributed by atoms with Crippen LogP contribution in [0.5, 0.6) is 5.75 Å². The number of hydrogen-bond acceptors (Lipinski definition) is 6. The summed E-state index contributed by atoms with van der Waals surface area (Å²) < 4.78 is 20.0. The van der Waals surface area contributed by atoms with Gasteiger partial charge in [0.1, 0.15) is 11.6 Å². The van der Waals surface area contributed by atoms with E-state index in [0.717, 1.165) is 25.7 Å². The number of benzene rings is 2. The van der Waals surface area contributed by atoms with Crippen LogP contribution in [-0.2, 0) is 5.75 Å². The Balaban J connectivity index is 1.55. The maximum absolute atomic E-state index is 13.0. The van der Waals surface area contributed by atoms with Crippen molar-refractivity contribution in [3.8, 4) is 5.75 Å². The predicted molar refractivity (Wildman–Crippen MR) is 103 cm³/mol. The fourth-order valence-corrected chi connectivity index (χ4v) is 5.37. The molecule has 1 unspecified atom stereocenters. The van der Waals surface area contributed by atoms with Crippen molar-refractivity contribution in [1.29, 1.82) is 0 Å². The SMILES string of the molecule is COc1ccc(CSc2nnc(SC(C)c3ccc(F)cc3)s2)cc1. The molecule has 0 saturated heterocycles. The van der Waals surface area contributed by atoms with Crippen molar-refractivity contribution in [1.82, 2.24) is 10.2 Å². The smallest absolute Gasteiger partial charge is 0.175 e. The molecule has 7 heteroatoms. The van der Waals surface area contributed by atoms with Crippen molar-refractivity contribution in [2.75, 3.05) is 7.11 Å². The molecule has 0 fully saturated rings.